The van der Waals surface area contributed by atoms with Crippen molar-refractivity contribution in [2.24, 2.45) is 5.92 Å². The Hall–Kier alpha value is -2.08. The minimum Gasteiger partial charge on any atom is -0.384 e. The highest BCUT2D eigenvalue weighted by Gasteiger charge is 2.32. The molecule has 26 heavy (non-hydrogen) atoms. The van der Waals surface area contributed by atoms with Gasteiger partial charge in [0.1, 0.15) is 5.82 Å². The molecule has 2 aliphatic rings. The molecule has 1 aromatic heterocycles. The number of methoxy groups -OCH3 is 1. The Morgan fingerprint density at radius 2 is 2.00 bits per heavy atom. The first-order valence-corrected chi connectivity index (χ1v) is 9.45. The van der Waals surface area contributed by atoms with E-state index in [1.165, 1.54) is 11.6 Å². The van der Waals surface area contributed by atoms with Crippen LogP contribution in [0, 0.1) is 11.7 Å². The van der Waals surface area contributed by atoms with E-state index in [4.69, 9.17) is 4.74 Å². The summed E-state index contributed by atoms with van der Waals surface area (Å²) in [6.45, 7) is 3.93. The van der Waals surface area contributed by atoms with Crippen LogP contribution in [0.3, 0.4) is 0 Å². The molecule has 4 rings (SSSR count). The van der Waals surface area contributed by atoms with E-state index in [9.17, 15) is 9.18 Å². The highest BCUT2D eigenvalue weighted by atomic mass is 19.1. The molecule has 0 spiro atoms. The summed E-state index contributed by atoms with van der Waals surface area (Å²) in [6.07, 6.45) is 4.93. The molecule has 5 nitrogen and oxygen atoms in total. The number of piperidine rings is 1. The number of halogens is 1. The Balaban J connectivity index is 1.37. The van der Waals surface area contributed by atoms with Crippen LogP contribution in [0.25, 0.3) is 10.9 Å². The van der Waals surface area contributed by atoms with Gasteiger partial charge in [-0.25, -0.2) is 9.18 Å². The monoisotopic (exact) mass is 359 g/mol. The van der Waals surface area contributed by atoms with Gasteiger partial charge in [0.2, 0.25) is 0 Å². The van der Waals surface area contributed by atoms with Crippen molar-refractivity contribution in [1.29, 1.82) is 0 Å². The van der Waals surface area contributed by atoms with Gasteiger partial charge in [-0.1, -0.05) is 0 Å². The predicted molar refractivity (Wildman–Crippen MR) is 98.8 cm³/mol. The molecule has 0 bridgehead atoms. The van der Waals surface area contributed by atoms with Crippen LogP contribution in [-0.2, 0) is 4.74 Å². The van der Waals surface area contributed by atoms with E-state index in [2.05, 4.69) is 4.98 Å². The van der Waals surface area contributed by atoms with Gasteiger partial charge in [0.25, 0.3) is 0 Å². The summed E-state index contributed by atoms with van der Waals surface area (Å²) in [6, 6.07) is 5.08. The molecule has 2 aliphatic heterocycles. The van der Waals surface area contributed by atoms with Crippen LogP contribution < -0.4 is 0 Å². The molecular weight excluding hydrogens is 333 g/mol. The van der Waals surface area contributed by atoms with E-state index < -0.39 is 0 Å². The molecule has 0 saturated carbocycles. The number of carbonyl (C=O) groups is 1. The van der Waals surface area contributed by atoms with Crippen LogP contribution in [-0.4, -0.2) is 60.7 Å². The second-order valence-corrected chi connectivity index (χ2v) is 7.53. The van der Waals surface area contributed by atoms with E-state index in [0.717, 1.165) is 63.0 Å². The Morgan fingerprint density at radius 1 is 1.23 bits per heavy atom. The average molecular weight is 359 g/mol. The molecule has 3 heterocycles. The lowest BCUT2D eigenvalue weighted by molar-refractivity contribution is 0.136. The SMILES string of the molecule is COCC1CCN(C(=O)N2CCC(c3c[nH]c4cc(F)ccc34)CC2)C1. The van der Waals surface area contributed by atoms with E-state index in [1.54, 1.807) is 13.2 Å². The van der Waals surface area contributed by atoms with Gasteiger partial charge in [0.15, 0.2) is 0 Å². The highest BCUT2D eigenvalue weighted by molar-refractivity contribution is 5.84. The number of hydrogen-bond donors (Lipinski definition) is 1. The van der Waals surface area contributed by atoms with Gasteiger partial charge in [-0.05, 0) is 48.9 Å². The van der Waals surface area contributed by atoms with Crippen LogP contribution in [0.5, 0.6) is 0 Å². The van der Waals surface area contributed by atoms with Crippen LogP contribution in [0.1, 0.15) is 30.7 Å². The first kappa shape index (κ1) is 17.3. The lowest BCUT2D eigenvalue weighted by Gasteiger charge is -2.34. The lowest BCUT2D eigenvalue weighted by Crippen LogP contribution is -2.45. The number of H-pyrrole nitrogens is 1. The standard InChI is InChI=1S/C20H26FN3O2/c1-26-13-14-4-7-24(12-14)20(25)23-8-5-15(6-9-23)18-11-22-19-10-16(21)2-3-17(18)19/h2-3,10-11,14-15,22H,4-9,12-13H2,1H3. The largest absolute Gasteiger partial charge is 0.384 e. The number of aromatic nitrogens is 1. The van der Waals surface area contributed by atoms with Crippen molar-refractivity contribution in [2.75, 3.05) is 39.9 Å². The van der Waals surface area contributed by atoms with E-state index in [1.807, 2.05) is 22.1 Å². The van der Waals surface area contributed by atoms with Crippen LogP contribution in [0.2, 0.25) is 0 Å². The zero-order chi connectivity index (χ0) is 18.1. The van der Waals surface area contributed by atoms with Crippen molar-refractivity contribution in [2.45, 2.75) is 25.2 Å². The molecule has 1 unspecified atom stereocenters. The molecule has 0 aliphatic carbocycles. The zero-order valence-corrected chi connectivity index (χ0v) is 15.2. The van der Waals surface area contributed by atoms with E-state index in [0.29, 0.717) is 11.8 Å². The number of benzene rings is 1. The normalized spacial score (nSPS) is 21.7. The maximum Gasteiger partial charge on any atom is 0.320 e. The molecule has 6 heteroatoms. The smallest absolute Gasteiger partial charge is 0.320 e. The molecule has 2 saturated heterocycles. The number of nitrogens with one attached hydrogen (secondary N) is 1. The molecule has 1 aromatic carbocycles. The van der Waals surface area contributed by atoms with Crippen molar-refractivity contribution in [1.82, 2.24) is 14.8 Å². The molecule has 1 atom stereocenters. The summed E-state index contributed by atoms with van der Waals surface area (Å²) < 4.78 is 18.6. The van der Waals surface area contributed by atoms with Gasteiger partial charge in [-0.3, -0.25) is 0 Å². The maximum absolute atomic E-state index is 13.4. The fourth-order valence-corrected chi connectivity index (χ4v) is 4.42. The first-order valence-electron chi connectivity index (χ1n) is 9.45. The Bertz CT molecular complexity index is 782. The second kappa shape index (κ2) is 7.27. The quantitative estimate of drug-likeness (QED) is 0.911. The lowest BCUT2D eigenvalue weighted by atomic mass is 9.89. The van der Waals surface area contributed by atoms with Gasteiger partial charge in [-0.15, -0.1) is 0 Å². The summed E-state index contributed by atoms with van der Waals surface area (Å²) in [5, 5.41) is 1.10. The molecule has 1 N–H and O–H groups in total. The number of aromatic amines is 1. The number of likely N-dealkylation sites (tertiary alicyclic amines) is 2. The van der Waals surface area contributed by atoms with Crippen molar-refractivity contribution >= 4 is 16.9 Å². The fraction of sp³-hybridized carbons (Fsp3) is 0.550. The van der Waals surface area contributed by atoms with Gasteiger partial charge >= 0.3 is 6.03 Å². The van der Waals surface area contributed by atoms with Gasteiger partial charge < -0.3 is 19.5 Å². The summed E-state index contributed by atoms with van der Waals surface area (Å²) in [5.74, 6) is 0.662. The molecule has 140 valence electrons. The van der Waals surface area contributed by atoms with Crippen molar-refractivity contribution in [3.63, 3.8) is 0 Å². The Morgan fingerprint density at radius 3 is 2.77 bits per heavy atom. The molecule has 0 radical (unpaired) electrons. The van der Waals surface area contributed by atoms with Gasteiger partial charge in [0.05, 0.1) is 6.61 Å². The third kappa shape index (κ3) is 3.30. The number of amides is 2. The van der Waals surface area contributed by atoms with Crippen molar-refractivity contribution < 1.29 is 13.9 Å². The highest BCUT2D eigenvalue weighted by Crippen LogP contribution is 2.34. The minimum atomic E-state index is -0.219. The van der Waals surface area contributed by atoms with Gasteiger partial charge in [0, 0.05) is 56.3 Å². The molecule has 2 aromatic rings. The average Bonchev–Trinajstić information content (AvgIpc) is 3.28. The zero-order valence-electron chi connectivity index (χ0n) is 15.2. The van der Waals surface area contributed by atoms with Crippen LogP contribution in [0.4, 0.5) is 9.18 Å². The summed E-state index contributed by atoms with van der Waals surface area (Å²) in [5.41, 5.74) is 2.09. The summed E-state index contributed by atoms with van der Waals surface area (Å²) >= 11 is 0. The number of rotatable bonds is 3. The topological polar surface area (TPSA) is 48.6 Å². The number of hydrogen-bond acceptors (Lipinski definition) is 2. The van der Waals surface area contributed by atoms with Crippen LogP contribution in [0.15, 0.2) is 24.4 Å². The van der Waals surface area contributed by atoms with Crippen molar-refractivity contribution in [3.05, 3.63) is 35.8 Å². The third-order valence-corrected chi connectivity index (χ3v) is 5.84. The number of nitrogens with zero attached hydrogens (tertiary/aromatic N) is 2. The number of fused-ring (bicyclic) bond motifs is 1. The number of carbonyl (C=O) groups excluding carboxylic acids is 1. The minimum absolute atomic E-state index is 0.169. The Kier molecular flexibility index (Phi) is 4.85. The van der Waals surface area contributed by atoms with Crippen LogP contribution >= 0.6 is 0 Å². The summed E-state index contributed by atoms with van der Waals surface area (Å²) in [4.78, 5) is 19.9. The molecule has 2 fully saturated rings. The molecular formula is C20H26FN3O2. The maximum atomic E-state index is 13.4. The molecule has 2 amide bonds. The Labute approximate surface area is 153 Å². The second-order valence-electron chi connectivity index (χ2n) is 7.53. The number of ether oxygens (including phenoxy) is 1. The summed E-state index contributed by atoms with van der Waals surface area (Å²) in [7, 11) is 1.72. The van der Waals surface area contributed by atoms with E-state index >= 15 is 0 Å². The predicted octanol–water partition coefficient (Wildman–Crippen LogP) is 3.57. The fourth-order valence-electron chi connectivity index (χ4n) is 4.42. The van der Waals surface area contributed by atoms with Crippen molar-refractivity contribution in [3.8, 4) is 0 Å². The third-order valence-electron chi connectivity index (χ3n) is 5.84. The first-order chi connectivity index (χ1) is 12.7. The number of urea groups is 1. The van der Waals surface area contributed by atoms with E-state index in [-0.39, 0.29) is 11.8 Å². The van der Waals surface area contributed by atoms with Gasteiger partial charge in [-0.2, -0.15) is 0 Å².